The van der Waals surface area contributed by atoms with Crippen molar-refractivity contribution in [1.29, 1.82) is 0 Å². The highest BCUT2D eigenvalue weighted by Gasteiger charge is 2.35. The molecule has 3 rings (SSSR count). The molecule has 1 aliphatic heterocycles. The molecule has 1 heterocycles. The van der Waals surface area contributed by atoms with Gasteiger partial charge in [-0.25, -0.2) is 4.39 Å². The monoisotopic (exact) mass is 290 g/mol. The average Bonchev–Trinajstić information content (AvgIpc) is 3.22. The minimum Gasteiger partial charge on any atom is -0.350 e. The number of amides is 1. The largest absolute Gasteiger partial charge is 0.350 e. The van der Waals surface area contributed by atoms with E-state index in [0.717, 1.165) is 12.0 Å². The number of rotatable bonds is 4. The van der Waals surface area contributed by atoms with Crippen molar-refractivity contribution in [3.8, 4) is 0 Å². The molecule has 4 heteroatoms. The molecule has 0 radical (unpaired) electrons. The van der Waals surface area contributed by atoms with Gasteiger partial charge in [-0.1, -0.05) is 12.1 Å². The molecule has 1 aromatic carbocycles. The molecule has 1 aromatic rings. The highest BCUT2D eigenvalue weighted by atomic mass is 19.1. The van der Waals surface area contributed by atoms with Crippen LogP contribution in [0.15, 0.2) is 18.2 Å². The lowest BCUT2D eigenvalue weighted by Gasteiger charge is -2.39. The van der Waals surface area contributed by atoms with Crippen LogP contribution in [0.25, 0.3) is 0 Å². The summed E-state index contributed by atoms with van der Waals surface area (Å²) in [5.74, 6) is 0.552. The number of halogens is 1. The molecule has 2 N–H and O–H groups in total. The maximum Gasteiger partial charge on any atom is 0.220 e. The maximum absolute atomic E-state index is 14.1. The van der Waals surface area contributed by atoms with E-state index >= 15 is 0 Å². The zero-order chi connectivity index (χ0) is 15.0. The predicted octanol–water partition coefficient (Wildman–Crippen LogP) is 2.85. The van der Waals surface area contributed by atoms with Crippen molar-refractivity contribution in [3.63, 3.8) is 0 Å². The fourth-order valence-electron chi connectivity index (χ4n) is 3.11. The molecule has 3 nitrogen and oxygen atoms in total. The Balaban J connectivity index is 1.63. The van der Waals surface area contributed by atoms with E-state index in [4.69, 9.17) is 0 Å². The van der Waals surface area contributed by atoms with Gasteiger partial charge in [0.05, 0.1) is 0 Å². The van der Waals surface area contributed by atoms with Gasteiger partial charge >= 0.3 is 0 Å². The molecule has 2 aliphatic rings. The Hall–Kier alpha value is -1.42. The Morgan fingerprint density at radius 2 is 2.10 bits per heavy atom. The summed E-state index contributed by atoms with van der Waals surface area (Å²) in [5.41, 5.74) is 1.54. The highest BCUT2D eigenvalue weighted by molar-refractivity contribution is 5.77. The van der Waals surface area contributed by atoms with Gasteiger partial charge in [-0.05, 0) is 50.7 Å². The van der Waals surface area contributed by atoms with Crippen molar-refractivity contribution >= 4 is 5.91 Å². The first-order valence-corrected chi connectivity index (χ1v) is 7.78. The van der Waals surface area contributed by atoms with Crippen LogP contribution in [-0.4, -0.2) is 17.5 Å². The van der Waals surface area contributed by atoms with Crippen LogP contribution in [0.1, 0.15) is 56.6 Å². The lowest BCUT2D eigenvalue weighted by molar-refractivity contribution is -0.125. The van der Waals surface area contributed by atoms with E-state index in [2.05, 4.69) is 10.6 Å². The molecule has 0 bridgehead atoms. The fourth-order valence-corrected chi connectivity index (χ4v) is 3.11. The van der Waals surface area contributed by atoms with Crippen LogP contribution in [0, 0.1) is 5.82 Å². The van der Waals surface area contributed by atoms with Crippen LogP contribution in [-0.2, 0) is 11.3 Å². The second-order valence-electron chi connectivity index (χ2n) is 6.87. The van der Waals surface area contributed by atoms with Gasteiger partial charge in [-0.3, -0.25) is 4.79 Å². The number of carbonyl (C=O) groups is 1. The smallest absolute Gasteiger partial charge is 0.220 e. The van der Waals surface area contributed by atoms with Crippen LogP contribution < -0.4 is 10.6 Å². The van der Waals surface area contributed by atoms with Crippen molar-refractivity contribution in [2.75, 3.05) is 0 Å². The summed E-state index contributed by atoms with van der Waals surface area (Å²) < 4.78 is 14.1. The standard InChI is InChI=1S/C17H23FN2O/c1-17(2)15(7-8-16(21)20-17)19-10-13-6-5-12(9-14(13)18)11-3-4-11/h5-6,9,11,15,19H,3-4,7-8,10H2,1-2H3,(H,20,21)/t15-/m0/s1. The van der Waals surface area contributed by atoms with Gasteiger partial charge in [0.2, 0.25) is 5.91 Å². The number of nitrogens with one attached hydrogen (secondary N) is 2. The van der Waals surface area contributed by atoms with Crippen molar-refractivity contribution in [3.05, 3.63) is 35.1 Å². The molecular weight excluding hydrogens is 267 g/mol. The summed E-state index contributed by atoms with van der Waals surface area (Å²) in [4.78, 5) is 11.5. The van der Waals surface area contributed by atoms with Crippen LogP contribution in [0.3, 0.4) is 0 Å². The molecule has 1 saturated carbocycles. The Morgan fingerprint density at radius 3 is 2.71 bits per heavy atom. The van der Waals surface area contributed by atoms with Gasteiger partial charge in [-0.2, -0.15) is 0 Å². The SMILES string of the molecule is CC1(C)NC(=O)CC[C@@H]1NCc1ccc(C2CC2)cc1F. The third-order valence-electron chi connectivity index (χ3n) is 4.66. The van der Waals surface area contributed by atoms with Gasteiger partial charge < -0.3 is 10.6 Å². The minimum absolute atomic E-state index is 0.0954. The van der Waals surface area contributed by atoms with E-state index in [1.54, 1.807) is 6.07 Å². The van der Waals surface area contributed by atoms with Gasteiger partial charge in [0.25, 0.3) is 0 Å². The summed E-state index contributed by atoms with van der Waals surface area (Å²) >= 11 is 0. The minimum atomic E-state index is -0.292. The Morgan fingerprint density at radius 1 is 1.33 bits per heavy atom. The molecule has 0 unspecified atom stereocenters. The fraction of sp³-hybridized carbons (Fsp3) is 0.588. The number of piperidine rings is 1. The molecule has 1 atom stereocenters. The number of carbonyl (C=O) groups excluding carboxylic acids is 1. The van der Waals surface area contributed by atoms with E-state index < -0.39 is 0 Å². The summed E-state index contributed by atoms with van der Waals surface area (Å²) in [6.45, 7) is 4.52. The highest BCUT2D eigenvalue weighted by Crippen LogP contribution is 2.40. The molecule has 1 amide bonds. The van der Waals surface area contributed by atoms with Crippen LogP contribution in [0.5, 0.6) is 0 Å². The zero-order valence-electron chi connectivity index (χ0n) is 12.7. The predicted molar refractivity (Wildman–Crippen MR) is 80.5 cm³/mol. The third-order valence-corrected chi connectivity index (χ3v) is 4.66. The number of benzene rings is 1. The second kappa shape index (κ2) is 5.41. The van der Waals surface area contributed by atoms with Gasteiger partial charge in [-0.15, -0.1) is 0 Å². The summed E-state index contributed by atoms with van der Waals surface area (Å²) in [6, 6.07) is 5.79. The van der Waals surface area contributed by atoms with Crippen LogP contribution in [0.4, 0.5) is 4.39 Å². The topological polar surface area (TPSA) is 41.1 Å². The van der Waals surface area contributed by atoms with E-state index in [1.807, 2.05) is 26.0 Å². The molecule has 2 fully saturated rings. The van der Waals surface area contributed by atoms with Crippen LogP contribution >= 0.6 is 0 Å². The first-order chi connectivity index (χ1) is 9.95. The van der Waals surface area contributed by atoms with Gasteiger partial charge in [0.15, 0.2) is 0 Å². The lowest BCUT2D eigenvalue weighted by atomic mass is 9.86. The van der Waals surface area contributed by atoms with E-state index in [-0.39, 0.29) is 23.3 Å². The van der Waals surface area contributed by atoms with Gasteiger partial charge in [0, 0.05) is 30.1 Å². The lowest BCUT2D eigenvalue weighted by Crippen LogP contribution is -2.60. The molecular formula is C17H23FN2O. The second-order valence-corrected chi connectivity index (χ2v) is 6.87. The quantitative estimate of drug-likeness (QED) is 0.895. The van der Waals surface area contributed by atoms with Crippen LogP contribution in [0.2, 0.25) is 0 Å². The Kier molecular flexibility index (Phi) is 3.74. The van der Waals surface area contributed by atoms with E-state index in [9.17, 15) is 9.18 Å². The normalized spacial score (nSPS) is 24.7. The van der Waals surface area contributed by atoms with Crippen molar-refractivity contribution in [2.45, 2.75) is 63.6 Å². The zero-order valence-corrected chi connectivity index (χ0v) is 12.7. The van der Waals surface area contributed by atoms with E-state index in [0.29, 0.717) is 24.4 Å². The van der Waals surface area contributed by atoms with Crippen molar-refractivity contribution in [2.24, 2.45) is 0 Å². The molecule has 1 saturated heterocycles. The molecule has 114 valence electrons. The van der Waals surface area contributed by atoms with Crippen molar-refractivity contribution < 1.29 is 9.18 Å². The summed E-state index contributed by atoms with van der Waals surface area (Å²) in [7, 11) is 0. The number of hydrogen-bond acceptors (Lipinski definition) is 2. The Labute approximate surface area is 125 Å². The average molecular weight is 290 g/mol. The first-order valence-electron chi connectivity index (χ1n) is 7.78. The molecule has 1 aliphatic carbocycles. The molecule has 0 spiro atoms. The summed E-state index contributed by atoms with van der Waals surface area (Å²) in [5, 5.41) is 6.39. The third kappa shape index (κ3) is 3.26. The maximum atomic E-state index is 14.1. The summed E-state index contributed by atoms with van der Waals surface area (Å²) in [6.07, 6.45) is 3.70. The van der Waals surface area contributed by atoms with E-state index in [1.165, 1.54) is 12.8 Å². The molecule has 21 heavy (non-hydrogen) atoms. The Bertz CT molecular complexity index is 552. The van der Waals surface area contributed by atoms with Crippen molar-refractivity contribution in [1.82, 2.24) is 10.6 Å². The number of hydrogen-bond donors (Lipinski definition) is 2. The van der Waals surface area contributed by atoms with Gasteiger partial charge in [0.1, 0.15) is 5.82 Å². The molecule has 0 aromatic heterocycles. The first kappa shape index (κ1) is 14.5.